The Hall–Kier alpha value is 0.240. The van der Waals surface area contributed by atoms with E-state index in [0.29, 0.717) is 0 Å². The van der Waals surface area contributed by atoms with Gasteiger partial charge in [0.15, 0.2) is 0 Å². The lowest BCUT2D eigenvalue weighted by Crippen LogP contribution is -2.14. The van der Waals surface area contributed by atoms with Gasteiger partial charge < -0.3 is 4.55 Å². The van der Waals surface area contributed by atoms with E-state index in [0.717, 1.165) is 0 Å². The Labute approximate surface area is 63.7 Å². The molecule has 2 N–H and O–H groups in total. The lowest BCUT2D eigenvalue weighted by atomic mass is 11.0. The van der Waals surface area contributed by atoms with Gasteiger partial charge >= 0.3 is 0 Å². The summed E-state index contributed by atoms with van der Waals surface area (Å²) < 4.78 is 46.5. The first-order valence-corrected chi connectivity index (χ1v) is 6.33. The molecule has 0 bridgehead atoms. The van der Waals surface area contributed by atoms with E-state index < -0.39 is 30.4 Å². The van der Waals surface area contributed by atoms with Crippen molar-refractivity contribution in [2.45, 2.75) is 0 Å². The van der Waals surface area contributed by atoms with Crippen molar-refractivity contribution in [1.82, 2.24) is 0 Å². The molecule has 0 amide bonds. The zero-order chi connectivity index (χ0) is 8.41. The summed E-state index contributed by atoms with van der Waals surface area (Å²) in [5, 5.41) is 0. The zero-order valence-corrected chi connectivity index (χ0v) is 7.21. The maximum atomic E-state index is 10.2. The predicted molar refractivity (Wildman–Crippen MR) is 39.4 cm³/mol. The Kier molecular flexibility index (Phi) is 3.17. The van der Waals surface area contributed by atoms with Crippen LogP contribution in [0.5, 0.6) is 0 Å². The van der Waals surface area contributed by atoms with Crippen LogP contribution in [-0.4, -0.2) is 33.2 Å². The molecule has 0 aromatic heterocycles. The third-order valence-corrected chi connectivity index (χ3v) is 2.80. The third kappa shape index (κ3) is 8.24. The van der Waals surface area contributed by atoms with Gasteiger partial charge in [-0.05, 0) is 0 Å². The van der Waals surface area contributed by atoms with Crippen molar-refractivity contribution in [3.05, 3.63) is 0 Å². The monoisotopic (exact) mass is 206 g/mol. The van der Waals surface area contributed by atoms with Crippen molar-refractivity contribution in [3.63, 3.8) is 0 Å². The molecule has 62 valence electrons. The van der Waals surface area contributed by atoms with Gasteiger partial charge in [0.2, 0.25) is 0 Å². The normalized spacial score (nSPS) is 18.2. The van der Waals surface area contributed by atoms with Crippen LogP contribution in [0.3, 0.4) is 0 Å². The molecule has 0 radical (unpaired) electrons. The van der Waals surface area contributed by atoms with Gasteiger partial charge in [0, 0.05) is 11.2 Å². The Morgan fingerprint density at radius 1 is 1.10 bits per heavy atom. The molecule has 0 saturated carbocycles. The molecule has 0 fully saturated rings. The highest BCUT2D eigenvalue weighted by molar-refractivity contribution is 8.29. The maximum Gasteiger partial charge on any atom is 0.265 e. The quantitative estimate of drug-likeness (QED) is 0.581. The van der Waals surface area contributed by atoms with E-state index in [4.69, 9.17) is 9.11 Å². The second-order valence-electron chi connectivity index (χ2n) is 1.57. The lowest BCUT2D eigenvalue weighted by Gasteiger charge is -1.94. The zero-order valence-electron chi connectivity index (χ0n) is 4.76. The Bertz CT molecular complexity index is 251. The van der Waals surface area contributed by atoms with Crippen LogP contribution in [0.15, 0.2) is 0 Å². The van der Waals surface area contributed by atoms with Gasteiger partial charge in [-0.1, -0.05) is 0 Å². The Morgan fingerprint density at radius 3 is 1.60 bits per heavy atom. The topological polar surface area (TPSA) is 91.7 Å². The average molecular weight is 206 g/mol. The summed E-state index contributed by atoms with van der Waals surface area (Å²) in [6, 6.07) is 0. The molecule has 0 aromatic rings. The Morgan fingerprint density at radius 2 is 1.50 bits per heavy atom. The summed E-state index contributed by atoms with van der Waals surface area (Å²) in [4.78, 5) is 0. The highest BCUT2D eigenvalue weighted by Gasteiger charge is 2.08. The molecule has 10 heavy (non-hydrogen) atoms. The van der Waals surface area contributed by atoms with Gasteiger partial charge in [-0.2, -0.15) is 8.42 Å². The molecule has 0 heterocycles. The van der Waals surface area contributed by atoms with Crippen LogP contribution in [-0.2, 0) is 30.1 Å². The van der Waals surface area contributed by atoms with Gasteiger partial charge in [0.25, 0.3) is 10.1 Å². The van der Waals surface area contributed by atoms with Crippen molar-refractivity contribution >= 4 is 30.1 Å². The van der Waals surface area contributed by atoms with Gasteiger partial charge in [-0.15, -0.1) is 0 Å². The van der Waals surface area contributed by atoms with Crippen LogP contribution < -0.4 is 0 Å². The van der Waals surface area contributed by atoms with E-state index in [1.807, 2.05) is 0 Å². The SMILES string of the molecule is O=S(=O)(O)CCS(=O)(O)=S. The van der Waals surface area contributed by atoms with E-state index in [1.54, 1.807) is 0 Å². The summed E-state index contributed by atoms with van der Waals surface area (Å²) in [6.45, 7) is 0. The van der Waals surface area contributed by atoms with E-state index in [1.165, 1.54) is 0 Å². The van der Waals surface area contributed by atoms with Crippen LogP contribution >= 0.6 is 0 Å². The molecule has 0 rings (SSSR count). The molecule has 1 atom stereocenters. The molecule has 1 unspecified atom stereocenters. The van der Waals surface area contributed by atoms with Crippen molar-refractivity contribution in [2.75, 3.05) is 11.5 Å². The van der Waals surface area contributed by atoms with E-state index in [9.17, 15) is 12.6 Å². The summed E-state index contributed by atoms with van der Waals surface area (Å²) in [5.41, 5.74) is 0. The third-order valence-electron chi connectivity index (χ3n) is 0.599. The van der Waals surface area contributed by atoms with Crippen molar-refractivity contribution in [1.29, 1.82) is 0 Å². The number of hydrogen-bond acceptors (Lipinski definition) is 4. The molecule has 0 aromatic carbocycles. The minimum atomic E-state index is -4.16. The fraction of sp³-hybridized carbons (Fsp3) is 1.00. The highest BCUT2D eigenvalue weighted by atomic mass is 32.8. The van der Waals surface area contributed by atoms with E-state index in [2.05, 4.69) is 11.2 Å². The van der Waals surface area contributed by atoms with Gasteiger partial charge in [-0.3, -0.25) is 4.55 Å². The molecule has 0 aliphatic carbocycles. The molecule has 8 heteroatoms. The highest BCUT2D eigenvalue weighted by Crippen LogP contribution is 1.87. The maximum absolute atomic E-state index is 10.2. The molecule has 0 aliphatic heterocycles. The fourth-order valence-corrected chi connectivity index (χ4v) is 2.51. The molecular weight excluding hydrogens is 200 g/mol. The van der Waals surface area contributed by atoms with Crippen molar-refractivity contribution in [3.8, 4) is 0 Å². The largest absolute Gasteiger partial charge is 0.306 e. The van der Waals surface area contributed by atoms with E-state index >= 15 is 0 Å². The van der Waals surface area contributed by atoms with Crippen LogP contribution in [0.1, 0.15) is 0 Å². The molecular formula is C2H6O5S3. The van der Waals surface area contributed by atoms with Crippen molar-refractivity contribution < 1.29 is 21.7 Å². The summed E-state index contributed by atoms with van der Waals surface area (Å²) in [6.07, 6.45) is 0. The van der Waals surface area contributed by atoms with Crippen LogP contribution in [0.2, 0.25) is 0 Å². The fourth-order valence-electron chi connectivity index (χ4n) is 0.211. The minimum absolute atomic E-state index is 0.610. The van der Waals surface area contributed by atoms with Crippen LogP contribution in [0.25, 0.3) is 0 Å². The average Bonchev–Trinajstić information content (AvgIpc) is 1.57. The second-order valence-corrected chi connectivity index (χ2v) is 6.28. The summed E-state index contributed by atoms with van der Waals surface area (Å²) >= 11 is 3.96. The first-order chi connectivity index (χ1) is 4.21. The summed E-state index contributed by atoms with van der Waals surface area (Å²) in [7, 11) is -7.63. The van der Waals surface area contributed by atoms with Gasteiger partial charge in [0.1, 0.15) is 8.77 Å². The molecule has 0 spiro atoms. The summed E-state index contributed by atoms with van der Waals surface area (Å²) in [5.74, 6) is -1.38. The first kappa shape index (κ1) is 10.2. The van der Waals surface area contributed by atoms with Crippen molar-refractivity contribution in [2.24, 2.45) is 0 Å². The lowest BCUT2D eigenvalue weighted by molar-refractivity contribution is 0.483. The number of hydrogen-bond donors (Lipinski definition) is 2. The Balaban J connectivity index is 4.05. The van der Waals surface area contributed by atoms with Crippen LogP contribution in [0.4, 0.5) is 0 Å². The number of rotatable bonds is 3. The molecule has 5 nitrogen and oxygen atoms in total. The smallest absolute Gasteiger partial charge is 0.265 e. The molecule has 0 aliphatic rings. The second kappa shape index (κ2) is 3.09. The first-order valence-electron chi connectivity index (χ1n) is 2.11. The molecule has 0 saturated heterocycles. The van der Waals surface area contributed by atoms with E-state index in [-0.39, 0.29) is 0 Å². The minimum Gasteiger partial charge on any atom is -0.306 e. The van der Waals surface area contributed by atoms with Crippen LogP contribution in [0, 0.1) is 0 Å². The van der Waals surface area contributed by atoms with Gasteiger partial charge in [-0.25, -0.2) is 4.21 Å². The standard InChI is InChI=1S/C2H6O5S3/c3-9(4,5)1-2-10(6,7)8/h1-2H2,(H,3,4,5)(H,6,7,8). The van der Waals surface area contributed by atoms with Gasteiger partial charge in [0.05, 0.1) is 11.5 Å². The predicted octanol–water partition coefficient (Wildman–Crippen LogP) is -0.906.